The van der Waals surface area contributed by atoms with E-state index in [1.807, 2.05) is 24.3 Å². The lowest BCUT2D eigenvalue weighted by Crippen LogP contribution is -2.23. The van der Waals surface area contributed by atoms with E-state index in [2.05, 4.69) is 15.3 Å². The molecule has 0 bridgehead atoms. The van der Waals surface area contributed by atoms with Crippen molar-refractivity contribution in [2.75, 3.05) is 0 Å². The second kappa shape index (κ2) is 6.00. The number of carbonyl (C=O) groups is 1. The molecule has 6 heteroatoms. The number of furan rings is 2. The molecule has 4 rings (SSSR count). The lowest BCUT2D eigenvalue weighted by atomic mass is 10.2. The van der Waals surface area contributed by atoms with Gasteiger partial charge in [-0.2, -0.15) is 0 Å². The van der Waals surface area contributed by atoms with Gasteiger partial charge in [0.15, 0.2) is 5.76 Å². The second-order valence-corrected chi connectivity index (χ2v) is 5.19. The number of amides is 1. The third-order valence-electron chi connectivity index (χ3n) is 3.63. The fraction of sp³-hybridized carbons (Fsp3) is 0.0556. The van der Waals surface area contributed by atoms with E-state index in [-0.39, 0.29) is 18.2 Å². The van der Waals surface area contributed by atoms with Crippen LogP contribution in [0, 0.1) is 0 Å². The number of nitrogens with one attached hydrogen (secondary N) is 1. The first-order valence-electron chi connectivity index (χ1n) is 7.40. The fourth-order valence-corrected chi connectivity index (χ4v) is 2.48. The number of rotatable bonds is 4. The molecule has 6 nitrogen and oxygen atoms in total. The van der Waals surface area contributed by atoms with E-state index in [0.717, 1.165) is 10.9 Å². The Balaban J connectivity index is 1.54. The van der Waals surface area contributed by atoms with E-state index in [9.17, 15) is 4.79 Å². The fourth-order valence-electron chi connectivity index (χ4n) is 2.48. The molecule has 0 saturated heterocycles. The standard InChI is InChI=1S/C18H13N3O3/c22-18(16-9-12-3-1-2-4-15(12)24-16)21-10-14-17(20-7-6-19-14)13-5-8-23-11-13/h1-9,11H,10H2,(H,21,22). The Morgan fingerprint density at radius 3 is 2.83 bits per heavy atom. The minimum atomic E-state index is -0.296. The van der Waals surface area contributed by atoms with Gasteiger partial charge >= 0.3 is 0 Å². The second-order valence-electron chi connectivity index (χ2n) is 5.19. The van der Waals surface area contributed by atoms with E-state index < -0.39 is 0 Å². The third kappa shape index (κ3) is 2.65. The number of carbonyl (C=O) groups excluding carboxylic acids is 1. The summed E-state index contributed by atoms with van der Waals surface area (Å²) in [6.07, 6.45) is 6.36. The molecular weight excluding hydrogens is 306 g/mol. The molecule has 1 N–H and O–H groups in total. The molecule has 4 aromatic rings. The summed E-state index contributed by atoms with van der Waals surface area (Å²) in [4.78, 5) is 20.9. The summed E-state index contributed by atoms with van der Waals surface area (Å²) in [6, 6.07) is 11.0. The summed E-state index contributed by atoms with van der Waals surface area (Å²) < 4.78 is 10.6. The molecule has 1 aromatic carbocycles. The lowest BCUT2D eigenvalue weighted by molar-refractivity contribution is 0.0925. The molecule has 0 saturated carbocycles. The van der Waals surface area contributed by atoms with Crippen LogP contribution in [0.25, 0.3) is 22.2 Å². The Labute approximate surface area is 137 Å². The van der Waals surface area contributed by atoms with Crippen molar-refractivity contribution in [3.63, 3.8) is 0 Å². The van der Waals surface area contributed by atoms with Crippen molar-refractivity contribution in [3.05, 3.63) is 72.8 Å². The Hall–Kier alpha value is -3.41. The average Bonchev–Trinajstić information content (AvgIpc) is 3.29. The van der Waals surface area contributed by atoms with Crippen LogP contribution < -0.4 is 5.32 Å². The Kier molecular flexibility index (Phi) is 3.55. The molecule has 0 spiro atoms. The lowest BCUT2D eigenvalue weighted by Gasteiger charge is -2.06. The molecule has 0 aliphatic heterocycles. The van der Waals surface area contributed by atoms with Crippen molar-refractivity contribution in [1.29, 1.82) is 0 Å². The first-order valence-corrected chi connectivity index (χ1v) is 7.40. The Morgan fingerprint density at radius 2 is 2.00 bits per heavy atom. The molecular formula is C18H13N3O3. The quantitative estimate of drug-likeness (QED) is 0.623. The van der Waals surface area contributed by atoms with E-state index in [4.69, 9.17) is 8.83 Å². The molecule has 0 atom stereocenters. The maximum Gasteiger partial charge on any atom is 0.287 e. The van der Waals surface area contributed by atoms with Gasteiger partial charge in [0.2, 0.25) is 0 Å². The zero-order valence-corrected chi connectivity index (χ0v) is 12.6. The maximum absolute atomic E-state index is 12.3. The van der Waals surface area contributed by atoms with Crippen LogP contribution in [0.1, 0.15) is 16.2 Å². The molecule has 0 aliphatic carbocycles. The molecule has 0 radical (unpaired) electrons. The molecule has 0 aliphatic rings. The van der Waals surface area contributed by atoms with Crippen molar-refractivity contribution in [2.24, 2.45) is 0 Å². The van der Waals surface area contributed by atoms with Crippen LogP contribution in [0.4, 0.5) is 0 Å². The number of para-hydroxylation sites is 1. The van der Waals surface area contributed by atoms with Crippen molar-refractivity contribution in [1.82, 2.24) is 15.3 Å². The molecule has 3 heterocycles. The van der Waals surface area contributed by atoms with Crippen molar-refractivity contribution in [2.45, 2.75) is 6.54 Å². The summed E-state index contributed by atoms with van der Waals surface area (Å²) in [6.45, 7) is 0.240. The summed E-state index contributed by atoms with van der Waals surface area (Å²) in [7, 11) is 0. The maximum atomic E-state index is 12.3. The van der Waals surface area contributed by atoms with Crippen LogP contribution in [0.3, 0.4) is 0 Å². The van der Waals surface area contributed by atoms with Gasteiger partial charge in [0, 0.05) is 23.3 Å². The smallest absolute Gasteiger partial charge is 0.287 e. The number of fused-ring (bicyclic) bond motifs is 1. The SMILES string of the molecule is O=C(NCc1nccnc1-c1ccoc1)c1cc2ccccc2o1. The van der Waals surface area contributed by atoms with Gasteiger partial charge in [-0.1, -0.05) is 18.2 Å². The zero-order valence-electron chi connectivity index (χ0n) is 12.6. The topological polar surface area (TPSA) is 81.2 Å². The zero-order chi connectivity index (χ0) is 16.4. The van der Waals surface area contributed by atoms with Gasteiger partial charge in [0.1, 0.15) is 5.58 Å². The van der Waals surface area contributed by atoms with Crippen LogP contribution in [0.2, 0.25) is 0 Å². The monoisotopic (exact) mass is 319 g/mol. The van der Waals surface area contributed by atoms with Crippen LogP contribution >= 0.6 is 0 Å². The first-order chi connectivity index (χ1) is 11.8. The number of nitrogens with zero attached hydrogens (tertiary/aromatic N) is 2. The van der Waals surface area contributed by atoms with Crippen LogP contribution in [0.5, 0.6) is 0 Å². The van der Waals surface area contributed by atoms with Crippen molar-refractivity contribution < 1.29 is 13.6 Å². The van der Waals surface area contributed by atoms with Crippen LogP contribution in [-0.4, -0.2) is 15.9 Å². The summed E-state index contributed by atoms with van der Waals surface area (Å²) >= 11 is 0. The number of hydrogen-bond donors (Lipinski definition) is 1. The largest absolute Gasteiger partial charge is 0.472 e. The van der Waals surface area contributed by atoms with E-state index in [1.165, 1.54) is 0 Å². The third-order valence-corrected chi connectivity index (χ3v) is 3.63. The van der Waals surface area contributed by atoms with Gasteiger partial charge in [0.05, 0.1) is 30.5 Å². The highest BCUT2D eigenvalue weighted by molar-refractivity contribution is 5.96. The van der Waals surface area contributed by atoms with Crippen LogP contribution in [-0.2, 0) is 6.54 Å². The van der Waals surface area contributed by atoms with Gasteiger partial charge in [-0.05, 0) is 18.2 Å². The summed E-state index contributed by atoms with van der Waals surface area (Å²) in [5.74, 6) is -0.0278. The number of hydrogen-bond acceptors (Lipinski definition) is 5. The molecule has 118 valence electrons. The Bertz CT molecular complexity index is 957. The highest BCUT2D eigenvalue weighted by Crippen LogP contribution is 2.21. The van der Waals surface area contributed by atoms with Crippen molar-refractivity contribution >= 4 is 16.9 Å². The molecule has 24 heavy (non-hydrogen) atoms. The Morgan fingerprint density at radius 1 is 1.12 bits per heavy atom. The van der Waals surface area contributed by atoms with Gasteiger partial charge in [-0.15, -0.1) is 0 Å². The predicted molar refractivity (Wildman–Crippen MR) is 87.1 cm³/mol. The van der Waals surface area contributed by atoms with E-state index in [1.54, 1.807) is 37.1 Å². The summed E-state index contributed by atoms with van der Waals surface area (Å²) in [5, 5.41) is 3.70. The van der Waals surface area contributed by atoms with Crippen molar-refractivity contribution in [3.8, 4) is 11.3 Å². The minimum absolute atomic E-state index is 0.240. The molecule has 3 aromatic heterocycles. The number of aromatic nitrogens is 2. The van der Waals surface area contributed by atoms with Gasteiger partial charge in [-0.25, -0.2) is 0 Å². The average molecular weight is 319 g/mol. The minimum Gasteiger partial charge on any atom is -0.472 e. The van der Waals surface area contributed by atoms with E-state index >= 15 is 0 Å². The molecule has 0 fully saturated rings. The summed E-state index contributed by atoms with van der Waals surface area (Å²) in [5.41, 5.74) is 2.83. The predicted octanol–water partition coefficient (Wildman–Crippen LogP) is 3.41. The van der Waals surface area contributed by atoms with Crippen LogP contribution in [0.15, 0.2) is 70.2 Å². The normalized spacial score (nSPS) is 10.8. The molecule has 0 unspecified atom stereocenters. The number of benzene rings is 1. The van der Waals surface area contributed by atoms with Gasteiger partial charge in [-0.3, -0.25) is 14.8 Å². The van der Waals surface area contributed by atoms with E-state index in [0.29, 0.717) is 17.0 Å². The highest BCUT2D eigenvalue weighted by atomic mass is 16.3. The van der Waals surface area contributed by atoms with Gasteiger partial charge < -0.3 is 14.2 Å². The first kappa shape index (κ1) is 14.2. The van der Waals surface area contributed by atoms with Gasteiger partial charge in [0.25, 0.3) is 5.91 Å². The molecule has 1 amide bonds. The highest BCUT2D eigenvalue weighted by Gasteiger charge is 2.14.